The van der Waals surface area contributed by atoms with Gasteiger partial charge in [-0.3, -0.25) is 9.59 Å². The molecular formula is C24H28BrNO3. The van der Waals surface area contributed by atoms with E-state index in [1.165, 1.54) is 5.56 Å². The van der Waals surface area contributed by atoms with Gasteiger partial charge in [0.1, 0.15) is 0 Å². The van der Waals surface area contributed by atoms with Crippen LogP contribution in [0.4, 0.5) is 0 Å². The summed E-state index contributed by atoms with van der Waals surface area (Å²) in [6.45, 7) is 7.05. The zero-order valence-corrected chi connectivity index (χ0v) is 18.8. The molecule has 0 saturated carbocycles. The fourth-order valence-electron chi connectivity index (χ4n) is 3.73. The third-order valence-corrected chi connectivity index (χ3v) is 5.76. The highest BCUT2D eigenvalue weighted by atomic mass is 79.9. The maximum atomic E-state index is 12.7. The van der Waals surface area contributed by atoms with Gasteiger partial charge in [0.2, 0.25) is 0 Å². The number of aryl methyl sites for hydroxylation is 1. The molecule has 29 heavy (non-hydrogen) atoms. The third kappa shape index (κ3) is 5.55. The van der Waals surface area contributed by atoms with Crippen LogP contribution < -0.4 is 5.32 Å². The number of hydrogen-bond donors (Lipinski definition) is 1. The lowest BCUT2D eigenvalue weighted by molar-refractivity contribution is -0.144. The molecule has 0 aromatic heterocycles. The molecule has 3 rings (SSSR count). The molecule has 0 aliphatic heterocycles. The van der Waals surface area contributed by atoms with E-state index in [4.69, 9.17) is 4.74 Å². The average molecular weight is 458 g/mol. The summed E-state index contributed by atoms with van der Waals surface area (Å²) in [7, 11) is 0. The highest BCUT2D eigenvalue weighted by Crippen LogP contribution is 2.41. The Morgan fingerprint density at radius 1 is 1.14 bits per heavy atom. The van der Waals surface area contributed by atoms with Gasteiger partial charge in [0.15, 0.2) is 12.4 Å². The molecule has 0 amide bonds. The molecule has 0 bridgehead atoms. The molecule has 0 fully saturated rings. The first-order chi connectivity index (χ1) is 13.7. The number of carbonyl (C=O) groups excluding carboxylic acids is 2. The predicted molar refractivity (Wildman–Crippen MR) is 118 cm³/mol. The first-order valence-corrected chi connectivity index (χ1v) is 10.8. The van der Waals surface area contributed by atoms with Crippen LogP contribution in [0.5, 0.6) is 0 Å². The van der Waals surface area contributed by atoms with Crippen LogP contribution in [0, 0.1) is 5.41 Å². The van der Waals surface area contributed by atoms with Gasteiger partial charge in [0.05, 0.1) is 12.0 Å². The topological polar surface area (TPSA) is 55.4 Å². The number of hydrogen-bond acceptors (Lipinski definition) is 4. The van der Waals surface area contributed by atoms with Gasteiger partial charge < -0.3 is 10.1 Å². The van der Waals surface area contributed by atoms with E-state index in [0.717, 1.165) is 29.4 Å². The predicted octanol–water partition coefficient (Wildman–Crippen LogP) is 5.04. The Bertz CT molecular complexity index is 889. The minimum atomic E-state index is -0.462. The van der Waals surface area contributed by atoms with Gasteiger partial charge in [-0.15, -0.1) is 0 Å². The minimum absolute atomic E-state index is 0.0816. The van der Waals surface area contributed by atoms with Crippen molar-refractivity contribution >= 4 is 27.7 Å². The molecule has 0 unspecified atom stereocenters. The number of Topliss-reactive ketones (excluding diaryl/α,β-unsaturated/α-hetero) is 1. The fraction of sp³-hybridized carbons (Fsp3) is 0.417. The quantitative estimate of drug-likeness (QED) is 0.467. The first-order valence-electron chi connectivity index (χ1n) is 9.96. The van der Waals surface area contributed by atoms with Crippen molar-refractivity contribution in [1.82, 2.24) is 5.32 Å². The van der Waals surface area contributed by atoms with Crippen LogP contribution in [0.15, 0.2) is 53.0 Å². The van der Waals surface area contributed by atoms with Crippen molar-refractivity contribution in [1.29, 1.82) is 0 Å². The van der Waals surface area contributed by atoms with Gasteiger partial charge in [-0.05, 0) is 41.5 Å². The summed E-state index contributed by atoms with van der Waals surface area (Å²) in [5.41, 5.74) is 2.57. The number of fused-ring (bicyclic) bond motifs is 1. The van der Waals surface area contributed by atoms with E-state index in [1.54, 1.807) is 24.3 Å². The highest BCUT2D eigenvalue weighted by molar-refractivity contribution is 9.10. The Morgan fingerprint density at radius 3 is 2.55 bits per heavy atom. The number of halogens is 1. The Kier molecular flexibility index (Phi) is 6.59. The summed E-state index contributed by atoms with van der Waals surface area (Å²) in [4.78, 5) is 25.0. The van der Waals surface area contributed by atoms with Gasteiger partial charge >= 0.3 is 5.97 Å². The van der Waals surface area contributed by atoms with Gasteiger partial charge in [-0.25, -0.2) is 0 Å². The van der Waals surface area contributed by atoms with E-state index in [0.29, 0.717) is 5.56 Å². The number of ketones is 1. The summed E-state index contributed by atoms with van der Waals surface area (Å²) < 4.78 is 6.42. The molecule has 1 aliphatic rings. The second-order valence-corrected chi connectivity index (χ2v) is 9.84. The smallest absolute Gasteiger partial charge is 0.308 e. The van der Waals surface area contributed by atoms with Crippen molar-refractivity contribution in [3.63, 3.8) is 0 Å². The summed E-state index contributed by atoms with van der Waals surface area (Å²) in [5.74, 6) is -0.544. The summed E-state index contributed by atoms with van der Waals surface area (Å²) in [6, 6.07) is 15.1. The second-order valence-electron chi connectivity index (χ2n) is 8.92. The van der Waals surface area contributed by atoms with Crippen molar-refractivity contribution in [3.05, 3.63) is 69.7 Å². The third-order valence-electron chi connectivity index (χ3n) is 5.27. The van der Waals surface area contributed by atoms with Gasteiger partial charge in [0.25, 0.3) is 0 Å². The van der Waals surface area contributed by atoms with Gasteiger partial charge in [0, 0.05) is 16.6 Å². The summed E-state index contributed by atoms with van der Waals surface area (Å²) in [5, 5.41) is 3.66. The van der Waals surface area contributed by atoms with Crippen LogP contribution in [0.2, 0.25) is 0 Å². The summed E-state index contributed by atoms with van der Waals surface area (Å²) >= 11 is 3.54. The van der Waals surface area contributed by atoms with Crippen LogP contribution in [0.1, 0.15) is 55.1 Å². The van der Waals surface area contributed by atoms with Crippen LogP contribution >= 0.6 is 15.9 Å². The van der Waals surface area contributed by atoms with Crippen LogP contribution in [-0.4, -0.2) is 24.9 Å². The van der Waals surface area contributed by atoms with E-state index in [1.807, 2.05) is 12.1 Å². The number of benzene rings is 2. The molecule has 0 radical (unpaired) electrons. The Labute approximate surface area is 181 Å². The number of rotatable bonds is 7. The van der Waals surface area contributed by atoms with Crippen LogP contribution in [0.3, 0.4) is 0 Å². The molecule has 2 aromatic rings. The number of carbonyl (C=O) groups is 2. The second kappa shape index (κ2) is 8.80. The number of esters is 1. The van der Waals surface area contributed by atoms with E-state index >= 15 is 0 Å². The summed E-state index contributed by atoms with van der Waals surface area (Å²) in [6.07, 6.45) is 1.94. The maximum Gasteiger partial charge on any atom is 0.308 e. The number of ether oxygens (including phenoxy) is 1. The van der Waals surface area contributed by atoms with Crippen molar-refractivity contribution in [2.45, 2.75) is 45.6 Å². The molecule has 1 N–H and O–H groups in total. The zero-order chi connectivity index (χ0) is 21.1. The Morgan fingerprint density at radius 2 is 1.86 bits per heavy atom. The van der Waals surface area contributed by atoms with E-state index in [-0.39, 0.29) is 30.2 Å². The molecular weight excluding hydrogens is 430 g/mol. The van der Waals surface area contributed by atoms with Crippen molar-refractivity contribution in [2.75, 3.05) is 13.2 Å². The van der Waals surface area contributed by atoms with E-state index < -0.39 is 5.54 Å². The van der Waals surface area contributed by atoms with Crippen LogP contribution in [0.25, 0.3) is 0 Å². The maximum absolute atomic E-state index is 12.7. The molecule has 1 atom stereocenters. The Balaban J connectivity index is 1.73. The SMILES string of the molecule is CC(C)(C)CN[C@]1(CC(=O)OCC(=O)c2ccccc2)CCc2cc(Br)ccc21. The van der Waals surface area contributed by atoms with Crippen molar-refractivity contribution in [3.8, 4) is 0 Å². The first kappa shape index (κ1) is 21.7. The molecule has 154 valence electrons. The molecule has 5 heteroatoms. The van der Waals surface area contributed by atoms with E-state index in [9.17, 15) is 9.59 Å². The highest BCUT2D eigenvalue weighted by Gasteiger charge is 2.41. The molecule has 4 nitrogen and oxygen atoms in total. The monoisotopic (exact) mass is 457 g/mol. The molecule has 0 heterocycles. The fourth-order valence-corrected chi connectivity index (χ4v) is 4.14. The molecule has 0 spiro atoms. The average Bonchev–Trinajstić information content (AvgIpc) is 3.02. The lowest BCUT2D eigenvalue weighted by Gasteiger charge is -2.34. The lowest BCUT2D eigenvalue weighted by atomic mass is 9.86. The molecule has 2 aromatic carbocycles. The molecule has 1 aliphatic carbocycles. The zero-order valence-electron chi connectivity index (χ0n) is 17.3. The van der Waals surface area contributed by atoms with E-state index in [2.05, 4.69) is 54.2 Å². The van der Waals surface area contributed by atoms with Gasteiger partial charge in [-0.2, -0.15) is 0 Å². The Hall–Kier alpha value is -1.98. The standard InChI is InChI=1S/C24H28BrNO3/c1-23(2,3)16-26-24(12-11-18-13-19(25)9-10-20(18)24)14-22(28)29-15-21(27)17-7-5-4-6-8-17/h4-10,13,26H,11-12,14-16H2,1-3H3/t24-/m0/s1. The molecule has 0 saturated heterocycles. The largest absolute Gasteiger partial charge is 0.457 e. The van der Waals surface area contributed by atoms with Crippen molar-refractivity contribution in [2.24, 2.45) is 5.41 Å². The van der Waals surface area contributed by atoms with Crippen molar-refractivity contribution < 1.29 is 14.3 Å². The lowest BCUT2D eigenvalue weighted by Crippen LogP contribution is -2.46. The number of nitrogens with one attached hydrogen (secondary N) is 1. The van der Waals surface area contributed by atoms with Crippen LogP contribution in [-0.2, 0) is 21.5 Å². The normalized spacial score (nSPS) is 18.3. The van der Waals surface area contributed by atoms with Gasteiger partial charge in [-0.1, -0.05) is 73.1 Å². The minimum Gasteiger partial charge on any atom is -0.457 e.